The third-order valence-corrected chi connectivity index (χ3v) is 9.39. The first kappa shape index (κ1) is 26.4. The Balaban J connectivity index is 2.23. The molecule has 1 N–H and O–H groups in total. The molecule has 0 saturated heterocycles. The van der Waals surface area contributed by atoms with Crippen LogP contribution in [-0.4, -0.2) is 52.0 Å². The third-order valence-electron chi connectivity index (χ3n) is 5.33. The maximum Gasteiger partial charge on any atom is 0.289 e. The van der Waals surface area contributed by atoms with E-state index in [0.717, 1.165) is 0 Å². The van der Waals surface area contributed by atoms with Crippen molar-refractivity contribution in [3.63, 3.8) is 0 Å². The number of hydrogen-bond donors (Lipinski definition) is 1. The lowest BCUT2D eigenvalue weighted by Gasteiger charge is -2.09. The van der Waals surface area contributed by atoms with Gasteiger partial charge in [-0.1, -0.05) is 32.0 Å². The smallest absolute Gasteiger partial charge is 0.289 e. The zero-order valence-corrected chi connectivity index (χ0v) is 21.7. The predicted octanol–water partition coefficient (Wildman–Crippen LogP) is 3.39. The normalized spacial score (nSPS) is 12.3. The molecule has 2 aromatic heterocycles. The van der Waals surface area contributed by atoms with Gasteiger partial charge in [-0.2, -0.15) is 5.10 Å². The van der Waals surface area contributed by atoms with Crippen LogP contribution in [0.3, 0.4) is 0 Å². The topological polar surface area (TPSA) is 123 Å². The number of sulfone groups is 2. The van der Waals surface area contributed by atoms with E-state index in [1.807, 2.05) is 0 Å². The van der Waals surface area contributed by atoms with Gasteiger partial charge >= 0.3 is 0 Å². The molecule has 0 atom stereocenters. The lowest BCUT2D eigenvalue weighted by atomic mass is 10.2. The van der Waals surface area contributed by atoms with Crippen molar-refractivity contribution in [1.29, 1.82) is 0 Å². The highest BCUT2D eigenvalue weighted by atomic mass is 32.2. The van der Waals surface area contributed by atoms with Crippen molar-refractivity contribution in [1.82, 2.24) is 9.83 Å². The Labute approximate surface area is 205 Å². The molecule has 0 fully saturated rings. The molecule has 0 aliphatic rings. The zero-order chi connectivity index (χ0) is 25.8. The van der Waals surface area contributed by atoms with E-state index in [4.69, 9.17) is 4.74 Å². The van der Waals surface area contributed by atoms with E-state index in [0.29, 0.717) is 23.3 Å². The van der Waals surface area contributed by atoms with Gasteiger partial charge in [0.15, 0.2) is 19.7 Å². The second-order valence-electron chi connectivity index (χ2n) is 8.03. The highest BCUT2D eigenvalue weighted by Gasteiger charge is 2.37. The first-order valence-electron chi connectivity index (χ1n) is 11.1. The monoisotopic (exact) mass is 519 g/mol. The lowest BCUT2D eigenvalue weighted by Crippen LogP contribution is -2.23. The quantitative estimate of drug-likeness (QED) is 0.324. The summed E-state index contributed by atoms with van der Waals surface area (Å²) >= 11 is 0. The Morgan fingerprint density at radius 2 is 1.69 bits per heavy atom. The van der Waals surface area contributed by atoms with Crippen LogP contribution in [0.2, 0.25) is 0 Å². The van der Waals surface area contributed by atoms with E-state index >= 15 is 0 Å². The highest BCUT2D eigenvalue weighted by Crippen LogP contribution is 2.35. The predicted molar refractivity (Wildman–Crippen MR) is 135 cm³/mol. The number of fused-ring (bicyclic) bond motifs is 1. The van der Waals surface area contributed by atoms with Gasteiger partial charge in [0.25, 0.3) is 5.91 Å². The first-order chi connectivity index (χ1) is 16.6. The van der Waals surface area contributed by atoms with Crippen LogP contribution in [-0.2, 0) is 19.7 Å². The molecule has 3 rings (SSSR count). The molecule has 0 unspecified atom stereocenters. The Morgan fingerprint density at radius 3 is 2.31 bits per heavy atom. The molecule has 0 aliphatic heterocycles. The molecule has 0 radical (unpaired) electrons. The molecule has 1 aromatic carbocycles. The molecule has 0 aliphatic carbocycles. The number of carbonyl (C=O) groups is 1. The Morgan fingerprint density at radius 1 is 1.03 bits per heavy atom. The number of rotatable bonds is 10. The number of pyridine rings is 1. The number of hydrogen-bond acceptors (Lipinski definition) is 7. The SMILES string of the molecule is CCCS(=O)(=O)c1c(S(=O)(=O)CCC)c2c(C)cccn2c1C(=O)N/N=C/c1cccc(OC)c1. The number of amides is 1. The fourth-order valence-corrected chi connectivity index (χ4v) is 7.93. The van der Waals surface area contributed by atoms with Crippen LogP contribution in [0.15, 0.2) is 57.5 Å². The minimum Gasteiger partial charge on any atom is -0.497 e. The summed E-state index contributed by atoms with van der Waals surface area (Å²) in [6.07, 6.45) is 3.43. The maximum absolute atomic E-state index is 13.4. The molecule has 0 bridgehead atoms. The standard InChI is InChI=1S/C24H29N3O6S2/c1-5-13-34(29,30)22-20-17(3)9-8-12-27(20)21(23(22)35(31,32)14-6-2)24(28)26-25-16-18-10-7-11-19(15-18)33-4/h7-12,15-16H,5-6,13-14H2,1-4H3,(H,26,28)/b25-16+. The molecule has 35 heavy (non-hydrogen) atoms. The van der Waals surface area contributed by atoms with Gasteiger partial charge in [0, 0.05) is 6.20 Å². The summed E-state index contributed by atoms with van der Waals surface area (Å²) in [5.74, 6) is -0.778. The molecule has 0 saturated carbocycles. The average Bonchev–Trinajstić information content (AvgIpc) is 3.18. The first-order valence-corrected chi connectivity index (χ1v) is 14.4. The van der Waals surface area contributed by atoms with E-state index < -0.39 is 30.5 Å². The number of nitrogens with one attached hydrogen (secondary N) is 1. The van der Waals surface area contributed by atoms with Crippen molar-refractivity contribution in [2.75, 3.05) is 18.6 Å². The summed E-state index contributed by atoms with van der Waals surface area (Å²) in [7, 11) is -6.59. The molecule has 9 nitrogen and oxygen atoms in total. The maximum atomic E-state index is 13.4. The van der Waals surface area contributed by atoms with Gasteiger partial charge in [-0.25, -0.2) is 22.3 Å². The fraction of sp³-hybridized carbons (Fsp3) is 0.333. The second-order valence-corrected chi connectivity index (χ2v) is 12.1. The summed E-state index contributed by atoms with van der Waals surface area (Å²) in [6, 6.07) is 10.3. The van der Waals surface area contributed by atoms with E-state index in [9.17, 15) is 21.6 Å². The Bertz CT molecular complexity index is 1490. The van der Waals surface area contributed by atoms with Crippen LogP contribution >= 0.6 is 0 Å². The number of ether oxygens (including phenoxy) is 1. The molecule has 2 heterocycles. The third kappa shape index (κ3) is 5.40. The van der Waals surface area contributed by atoms with Gasteiger partial charge < -0.3 is 9.14 Å². The van der Waals surface area contributed by atoms with Crippen molar-refractivity contribution < 1.29 is 26.4 Å². The van der Waals surface area contributed by atoms with Gasteiger partial charge in [0.05, 0.1) is 30.3 Å². The van der Waals surface area contributed by atoms with E-state index in [1.165, 1.54) is 23.9 Å². The molecule has 188 valence electrons. The molecular formula is C24H29N3O6S2. The Kier molecular flexibility index (Phi) is 8.01. The molecule has 11 heteroatoms. The number of methoxy groups -OCH3 is 1. The van der Waals surface area contributed by atoms with Crippen molar-refractivity contribution >= 4 is 37.3 Å². The van der Waals surface area contributed by atoms with Crippen molar-refractivity contribution in [2.45, 2.75) is 43.4 Å². The van der Waals surface area contributed by atoms with Gasteiger partial charge in [0.2, 0.25) is 0 Å². The molecule has 3 aromatic rings. The van der Waals surface area contributed by atoms with E-state index in [-0.39, 0.29) is 34.0 Å². The van der Waals surface area contributed by atoms with E-state index in [2.05, 4.69) is 10.5 Å². The van der Waals surface area contributed by atoms with Crippen LogP contribution in [0.1, 0.15) is 48.3 Å². The van der Waals surface area contributed by atoms with Crippen LogP contribution in [0, 0.1) is 6.92 Å². The van der Waals surface area contributed by atoms with Crippen LogP contribution in [0.4, 0.5) is 0 Å². The van der Waals surface area contributed by atoms with Crippen LogP contribution in [0.5, 0.6) is 5.75 Å². The van der Waals surface area contributed by atoms with E-state index in [1.54, 1.807) is 57.2 Å². The molecule has 0 spiro atoms. The van der Waals surface area contributed by atoms with Crippen LogP contribution < -0.4 is 10.2 Å². The summed E-state index contributed by atoms with van der Waals surface area (Å²) < 4.78 is 59.9. The van der Waals surface area contributed by atoms with Crippen molar-refractivity contribution in [2.24, 2.45) is 5.10 Å². The largest absolute Gasteiger partial charge is 0.497 e. The van der Waals surface area contributed by atoms with Crippen molar-refractivity contribution in [3.8, 4) is 5.75 Å². The number of carbonyl (C=O) groups excluding carboxylic acids is 1. The van der Waals surface area contributed by atoms with Crippen LogP contribution in [0.25, 0.3) is 5.52 Å². The van der Waals surface area contributed by atoms with Gasteiger partial charge in [-0.3, -0.25) is 4.79 Å². The molecular weight excluding hydrogens is 490 g/mol. The van der Waals surface area contributed by atoms with Gasteiger partial charge in [-0.15, -0.1) is 0 Å². The van der Waals surface area contributed by atoms with Gasteiger partial charge in [0.1, 0.15) is 21.2 Å². The number of hydrazone groups is 1. The number of aryl methyl sites for hydroxylation is 1. The fourth-order valence-electron chi connectivity index (χ4n) is 3.89. The summed E-state index contributed by atoms with van der Waals surface area (Å²) in [6.45, 7) is 5.06. The number of aromatic nitrogens is 1. The summed E-state index contributed by atoms with van der Waals surface area (Å²) in [5, 5.41) is 3.96. The summed E-state index contributed by atoms with van der Waals surface area (Å²) in [4.78, 5) is 12.5. The minimum atomic E-state index is -4.11. The second kappa shape index (κ2) is 10.6. The average molecular weight is 520 g/mol. The number of benzene rings is 1. The molecule has 1 amide bonds. The zero-order valence-electron chi connectivity index (χ0n) is 20.1. The van der Waals surface area contributed by atoms with Gasteiger partial charge in [-0.05, 0) is 49.1 Å². The lowest BCUT2D eigenvalue weighted by molar-refractivity contribution is 0.0945. The summed E-state index contributed by atoms with van der Waals surface area (Å²) in [5.41, 5.74) is 3.43. The number of nitrogens with zero attached hydrogens (tertiary/aromatic N) is 2. The minimum absolute atomic E-state index is 0.178. The van der Waals surface area contributed by atoms with Crippen molar-refractivity contribution in [3.05, 3.63) is 59.4 Å². The highest BCUT2D eigenvalue weighted by molar-refractivity contribution is 7.94. The Hall–Kier alpha value is -3.18.